The first-order valence-corrected chi connectivity index (χ1v) is 9.63. The summed E-state index contributed by atoms with van der Waals surface area (Å²) in [5, 5.41) is 0. The monoisotopic (exact) mass is 366 g/mol. The largest absolute Gasteiger partial charge is 0.494 e. The molecule has 0 aromatic heterocycles. The molecule has 2 aromatic carbocycles. The van der Waals surface area contributed by atoms with E-state index < -0.39 is 0 Å². The van der Waals surface area contributed by atoms with Gasteiger partial charge in [-0.3, -0.25) is 9.59 Å². The smallest absolute Gasteiger partial charge is 0.268 e. The van der Waals surface area contributed by atoms with E-state index in [1.165, 1.54) is 37.0 Å². The zero-order valence-corrected chi connectivity index (χ0v) is 15.7. The average molecular weight is 366 g/mol. The van der Waals surface area contributed by atoms with E-state index in [0.29, 0.717) is 23.5 Å². The van der Waals surface area contributed by atoms with Gasteiger partial charge in [-0.25, -0.2) is 4.90 Å². The van der Waals surface area contributed by atoms with E-state index in [-0.39, 0.29) is 17.4 Å². The van der Waals surface area contributed by atoms with E-state index in [2.05, 4.69) is 6.92 Å². The van der Waals surface area contributed by atoms with Gasteiger partial charge in [0.15, 0.2) is 0 Å². The number of nitrogen functional groups attached to an aromatic ring is 1. The first-order chi connectivity index (χ1) is 13.1. The average Bonchev–Trinajstić information content (AvgIpc) is 2.93. The maximum Gasteiger partial charge on any atom is 0.268 e. The van der Waals surface area contributed by atoms with Crippen LogP contribution in [0.5, 0.6) is 5.75 Å². The molecule has 1 heterocycles. The van der Waals surface area contributed by atoms with Crippen LogP contribution in [-0.2, 0) is 0 Å². The second kappa shape index (κ2) is 8.71. The summed E-state index contributed by atoms with van der Waals surface area (Å²) in [6, 6.07) is 12.0. The highest BCUT2D eigenvalue weighted by Gasteiger charge is 2.37. The zero-order chi connectivity index (χ0) is 19.2. The number of anilines is 2. The molecule has 5 heteroatoms. The Balaban J connectivity index is 1.58. The minimum atomic E-state index is -0.381. The minimum Gasteiger partial charge on any atom is -0.494 e. The molecule has 0 unspecified atom stereocenters. The molecule has 1 aliphatic heterocycles. The molecule has 2 amide bonds. The molecule has 0 bridgehead atoms. The van der Waals surface area contributed by atoms with E-state index >= 15 is 0 Å². The summed E-state index contributed by atoms with van der Waals surface area (Å²) in [4.78, 5) is 26.4. The van der Waals surface area contributed by atoms with Crippen LogP contribution in [0.2, 0.25) is 0 Å². The van der Waals surface area contributed by atoms with Crippen molar-refractivity contribution in [1.29, 1.82) is 0 Å². The number of hydrogen-bond donors (Lipinski definition) is 1. The van der Waals surface area contributed by atoms with Gasteiger partial charge in [0.1, 0.15) is 5.75 Å². The molecule has 0 fully saturated rings. The lowest BCUT2D eigenvalue weighted by Crippen LogP contribution is -2.29. The summed E-state index contributed by atoms with van der Waals surface area (Å²) in [7, 11) is 0. The van der Waals surface area contributed by atoms with Crippen LogP contribution >= 0.6 is 0 Å². The first-order valence-electron chi connectivity index (χ1n) is 9.63. The topological polar surface area (TPSA) is 72.6 Å². The number of amides is 2. The quantitative estimate of drug-likeness (QED) is 0.393. The van der Waals surface area contributed by atoms with Gasteiger partial charge in [0, 0.05) is 5.69 Å². The fourth-order valence-electron chi connectivity index (χ4n) is 3.31. The Morgan fingerprint density at radius 2 is 1.59 bits per heavy atom. The van der Waals surface area contributed by atoms with E-state index in [4.69, 9.17) is 10.5 Å². The van der Waals surface area contributed by atoms with Crippen LogP contribution < -0.4 is 15.4 Å². The van der Waals surface area contributed by atoms with Crippen molar-refractivity contribution in [3.63, 3.8) is 0 Å². The Kier molecular flexibility index (Phi) is 6.12. The fraction of sp³-hybridized carbons (Fsp3) is 0.364. The summed E-state index contributed by atoms with van der Waals surface area (Å²) in [5.74, 6) is 0.0142. The fourth-order valence-corrected chi connectivity index (χ4v) is 3.31. The second-order valence-electron chi connectivity index (χ2n) is 6.83. The number of carbonyl (C=O) groups excluding carboxylic acids is 2. The highest BCUT2D eigenvalue weighted by Crippen LogP contribution is 2.32. The number of rotatable bonds is 9. The number of fused-ring (bicyclic) bond motifs is 1. The van der Waals surface area contributed by atoms with Crippen molar-refractivity contribution in [1.82, 2.24) is 0 Å². The molecule has 2 N–H and O–H groups in total. The predicted molar refractivity (Wildman–Crippen MR) is 107 cm³/mol. The zero-order valence-electron chi connectivity index (χ0n) is 15.7. The Bertz CT molecular complexity index is 815. The van der Waals surface area contributed by atoms with E-state index in [1.54, 1.807) is 42.5 Å². The van der Waals surface area contributed by atoms with E-state index in [0.717, 1.165) is 12.2 Å². The van der Waals surface area contributed by atoms with Crippen molar-refractivity contribution in [3.8, 4) is 5.75 Å². The van der Waals surface area contributed by atoms with Gasteiger partial charge in [-0.05, 0) is 42.8 Å². The van der Waals surface area contributed by atoms with Gasteiger partial charge in [0.25, 0.3) is 11.8 Å². The lowest BCUT2D eigenvalue weighted by molar-refractivity contribution is 0.0926. The van der Waals surface area contributed by atoms with Crippen molar-refractivity contribution in [3.05, 3.63) is 53.6 Å². The van der Waals surface area contributed by atoms with E-state index in [9.17, 15) is 9.59 Å². The summed E-state index contributed by atoms with van der Waals surface area (Å²) in [6.45, 7) is 2.89. The number of unbranched alkanes of at least 4 members (excludes halogenated alkanes) is 5. The van der Waals surface area contributed by atoms with Crippen molar-refractivity contribution < 1.29 is 14.3 Å². The SMILES string of the molecule is CCCCCCCCOc1ccc(N2C(=O)c3cccc(N)c3C2=O)cc1. The molecule has 5 nitrogen and oxygen atoms in total. The van der Waals surface area contributed by atoms with Crippen LogP contribution in [0.1, 0.15) is 66.2 Å². The van der Waals surface area contributed by atoms with Crippen LogP contribution in [-0.4, -0.2) is 18.4 Å². The van der Waals surface area contributed by atoms with Gasteiger partial charge in [0.2, 0.25) is 0 Å². The van der Waals surface area contributed by atoms with Crippen LogP contribution in [0, 0.1) is 0 Å². The number of hydrogen-bond acceptors (Lipinski definition) is 4. The number of ether oxygens (including phenoxy) is 1. The molecule has 0 spiro atoms. The minimum absolute atomic E-state index is 0.283. The Morgan fingerprint density at radius 3 is 2.30 bits per heavy atom. The third-order valence-corrected chi connectivity index (χ3v) is 4.81. The van der Waals surface area contributed by atoms with Crippen molar-refractivity contribution in [2.24, 2.45) is 0 Å². The summed E-state index contributed by atoms with van der Waals surface area (Å²) >= 11 is 0. The standard InChI is InChI=1S/C22H26N2O3/c1-2-3-4-5-6-7-15-27-17-13-11-16(12-14-17)24-21(25)18-9-8-10-19(23)20(18)22(24)26/h8-14H,2-7,15,23H2,1H3. The predicted octanol–water partition coefficient (Wildman–Crippen LogP) is 4.81. The summed E-state index contributed by atoms with van der Waals surface area (Å²) in [5.41, 5.74) is 7.36. The molecule has 0 radical (unpaired) electrons. The number of nitrogens with zero attached hydrogens (tertiary/aromatic N) is 1. The number of carbonyl (C=O) groups is 2. The Labute approximate surface area is 160 Å². The van der Waals surface area contributed by atoms with Crippen molar-refractivity contribution in [2.45, 2.75) is 45.4 Å². The molecule has 0 atom stereocenters. The molecular weight excluding hydrogens is 340 g/mol. The molecule has 27 heavy (non-hydrogen) atoms. The number of imide groups is 1. The maximum atomic E-state index is 12.6. The molecule has 1 aliphatic rings. The van der Waals surface area contributed by atoms with Gasteiger partial charge in [-0.1, -0.05) is 45.1 Å². The summed E-state index contributed by atoms with van der Waals surface area (Å²) in [6.07, 6.45) is 7.29. The van der Waals surface area contributed by atoms with Gasteiger partial charge < -0.3 is 10.5 Å². The van der Waals surface area contributed by atoms with Crippen molar-refractivity contribution >= 4 is 23.2 Å². The van der Waals surface area contributed by atoms with Crippen molar-refractivity contribution in [2.75, 3.05) is 17.2 Å². The maximum absolute atomic E-state index is 12.6. The van der Waals surface area contributed by atoms with E-state index in [1.807, 2.05) is 0 Å². The van der Waals surface area contributed by atoms with Gasteiger partial charge in [-0.2, -0.15) is 0 Å². The van der Waals surface area contributed by atoms with Crippen LogP contribution in [0.3, 0.4) is 0 Å². The van der Waals surface area contributed by atoms with Crippen LogP contribution in [0.15, 0.2) is 42.5 Å². The second-order valence-corrected chi connectivity index (χ2v) is 6.83. The number of nitrogens with two attached hydrogens (primary N) is 1. The highest BCUT2D eigenvalue weighted by atomic mass is 16.5. The third-order valence-electron chi connectivity index (χ3n) is 4.81. The van der Waals surface area contributed by atoms with Crippen LogP contribution in [0.4, 0.5) is 11.4 Å². The normalized spacial score (nSPS) is 13.1. The highest BCUT2D eigenvalue weighted by molar-refractivity contribution is 6.35. The van der Waals surface area contributed by atoms with Gasteiger partial charge in [-0.15, -0.1) is 0 Å². The van der Waals surface area contributed by atoms with Gasteiger partial charge in [0.05, 0.1) is 23.4 Å². The molecule has 0 aliphatic carbocycles. The van der Waals surface area contributed by atoms with Crippen LogP contribution in [0.25, 0.3) is 0 Å². The lowest BCUT2D eigenvalue weighted by Gasteiger charge is -2.14. The molecule has 0 saturated carbocycles. The molecular formula is C22H26N2O3. The Morgan fingerprint density at radius 1 is 0.889 bits per heavy atom. The molecule has 2 aromatic rings. The lowest BCUT2D eigenvalue weighted by atomic mass is 10.1. The van der Waals surface area contributed by atoms with Gasteiger partial charge >= 0.3 is 0 Å². The summed E-state index contributed by atoms with van der Waals surface area (Å²) < 4.78 is 5.76. The first kappa shape index (κ1) is 19.0. The number of benzene rings is 2. The third kappa shape index (κ3) is 4.13. The molecule has 0 saturated heterocycles. The molecule has 142 valence electrons. The Hall–Kier alpha value is -2.82. The molecule has 3 rings (SSSR count).